The van der Waals surface area contributed by atoms with Crippen LogP contribution in [-0.2, 0) is 4.79 Å². The van der Waals surface area contributed by atoms with Crippen LogP contribution in [0, 0.1) is 10.8 Å². The van der Waals surface area contributed by atoms with Crippen LogP contribution >= 0.6 is 0 Å². The SMILES string of the molecule is CC1(C)CC(C(=O)O)(C2(O)CNC2)C1. The lowest BCUT2D eigenvalue weighted by atomic mass is 9.47. The number of hydrogen-bond donors (Lipinski definition) is 3. The fraction of sp³-hybridized carbons (Fsp3) is 0.900. The summed E-state index contributed by atoms with van der Waals surface area (Å²) in [7, 11) is 0. The summed E-state index contributed by atoms with van der Waals surface area (Å²) in [5.74, 6) is -0.846. The Hall–Kier alpha value is -0.610. The van der Waals surface area contributed by atoms with Crippen molar-refractivity contribution < 1.29 is 15.0 Å². The van der Waals surface area contributed by atoms with Crippen LogP contribution in [0.4, 0.5) is 0 Å². The smallest absolute Gasteiger partial charge is 0.312 e. The van der Waals surface area contributed by atoms with E-state index in [1.807, 2.05) is 13.8 Å². The average Bonchev–Trinajstić information content (AvgIpc) is 1.94. The molecule has 4 nitrogen and oxygen atoms in total. The predicted molar refractivity (Wildman–Crippen MR) is 50.9 cm³/mol. The van der Waals surface area contributed by atoms with Crippen molar-refractivity contribution in [2.45, 2.75) is 32.3 Å². The van der Waals surface area contributed by atoms with Crippen molar-refractivity contribution in [2.24, 2.45) is 10.8 Å². The van der Waals surface area contributed by atoms with Crippen molar-refractivity contribution in [2.75, 3.05) is 13.1 Å². The molecule has 2 rings (SSSR count). The van der Waals surface area contributed by atoms with Crippen LogP contribution in [-0.4, -0.2) is 34.9 Å². The van der Waals surface area contributed by atoms with E-state index in [1.165, 1.54) is 0 Å². The van der Waals surface area contributed by atoms with Crippen molar-refractivity contribution in [3.63, 3.8) is 0 Å². The average molecular weight is 199 g/mol. The Bertz CT molecular complexity index is 273. The number of aliphatic hydroxyl groups is 1. The first-order valence-electron chi connectivity index (χ1n) is 4.98. The molecule has 0 unspecified atom stereocenters. The highest BCUT2D eigenvalue weighted by molar-refractivity contribution is 5.78. The summed E-state index contributed by atoms with van der Waals surface area (Å²) in [6.45, 7) is 4.91. The molecule has 80 valence electrons. The van der Waals surface area contributed by atoms with Gasteiger partial charge in [-0.1, -0.05) is 13.8 Å². The molecule has 0 aromatic heterocycles. The fourth-order valence-corrected chi connectivity index (χ4v) is 2.96. The maximum absolute atomic E-state index is 11.2. The molecule has 2 fully saturated rings. The van der Waals surface area contributed by atoms with Crippen LogP contribution in [0.25, 0.3) is 0 Å². The molecule has 1 heterocycles. The van der Waals surface area contributed by atoms with E-state index in [2.05, 4.69) is 5.32 Å². The highest BCUT2D eigenvalue weighted by atomic mass is 16.4. The van der Waals surface area contributed by atoms with Crippen molar-refractivity contribution in [1.29, 1.82) is 0 Å². The summed E-state index contributed by atoms with van der Waals surface area (Å²) >= 11 is 0. The van der Waals surface area contributed by atoms with Gasteiger partial charge in [-0.05, 0) is 18.3 Å². The summed E-state index contributed by atoms with van der Waals surface area (Å²) in [6, 6.07) is 0. The highest BCUT2D eigenvalue weighted by Crippen LogP contribution is 2.60. The Kier molecular flexibility index (Phi) is 1.77. The van der Waals surface area contributed by atoms with Crippen LogP contribution in [0.2, 0.25) is 0 Å². The third kappa shape index (κ3) is 1.04. The van der Waals surface area contributed by atoms with Gasteiger partial charge in [-0.25, -0.2) is 0 Å². The molecule has 2 aliphatic rings. The van der Waals surface area contributed by atoms with Gasteiger partial charge in [0.2, 0.25) is 0 Å². The summed E-state index contributed by atoms with van der Waals surface area (Å²) in [6.07, 6.45) is 1.15. The van der Waals surface area contributed by atoms with E-state index in [9.17, 15) is 15.0 Å². The van der Waals surface area contributed by atoms with Crippen LogP contribution in [0.5, 0.6) is 0 Å². The van der Waals surface area contributed by atoms with Crippen LogP contribution in [0.3, 0.4) is 0 Å². The fourth-order valence-electron chi connectivity index (χ4n) is 2.96. The summed E-state index contributed by atoms with van der Waals surface area (Å²) in [5.41, 5.74) is -1.86. The molecular weight excluding hydrogens is 182 g/mol. The van der Waals surface area contributed by atoms with Gasteiger partial charge in [0.05, 0.1) is 5.41 Å². The van der Waals surface area contributed by atoms with Crippen LogP contribution < -0.4 is 5.32 Å². The number of hydrogen-bond acceptors (Lipinski definition) is 3. The topological polar surface area (TPSA) is 69.6 Å². The number of rotatable bonds is 2. The van der Waals surface area contributed by atoms with Gasteiger partial charge >= 0.3 is 5.97 Å². The number of β-amino-alcohol motifs (C(OH)–C–C–N with tert-alkyl or cyclic N) is 1. The molecule has 14 heavy (non-hydrogen) atoms. The molecule has 1 saturated heterocycles. The van der Waals surface area contributed by atoms with Crippen molar-refractivity contribution in [3.8, 4) is 0 Å². The van der Waals surface area contributed by atoms with Crippen LogP contribution in [0.15, 0.2) is 0 Å². The number of aliphatic carboxylic acids is 1. The van der Waals surface area contributed by atoms with Gasteiger partial charge in [0.25, 0.3) is 0 Å². The molecule has 1 aliphatic carbocycles. The minimum absolute atomic E-state index is 0.0592. The zero-order valence-corrected chi connectivity index (χ0v) is 8.63. The molecule has 0 amide bonds. The second-order valence-electron chi connectivity index (χ2n) is 5.54. The normalized spacial score (nSPS) is 31.4. The van der Waals surface area contributed by atoms with Gasteiger partial charge < -0.3 is 15.5 Å². The Morgan fingerprint density at radius 3 is 2.00 bits per heavy atom. The second kappa shape index (κ2) is 2.49. The first-order chi connectivity index (χ1) is 6.31. The zero-order chi connectivity index (χ0) is 10.6. The Labute approximate surface area is 83.3 Å². The molecule has 0 atom stereocenters. The lowest BCUT2D eigenvalue weighted by Gasteiger charge is -2.60. The lowest BCUT2D eigenvalue weighted by molar-refractivity contribution is -0.217. The number of nitrogens with one attached hydrogen (secondary N) is 1. The first-order valence-corrected chi connectivity index (χ1v) is 4.98. The Balaban J connectivity index is 2.22. The lowest BCUT2D eigenvalue weighted by Crippen LogP contribution is -2.75. The molecule has 0 aromatic carbocycles. The minimum atomic E-state index is -1.02. The largest absolute Gasteiger partial charge is 0.481 e. The predicted octanol–water partition coefficient (Wildman–Crippen LogP) is 0.212. The van der Waals surface area contributed by atoms with Gasteiger partial charge in [-0.15, -0.1) is 0 Å². The molecule has 0 spiro atoms. The molecule has 1 aliphatic heterocycles. The molecule has 0 aromatic rings. The maximum Gasteiger partial charge on any atom is 0.312 e. The van der Waals surface area contributed by atoms with Gasteiger partial charge in [0.1, 0.15) is 5.60 Å². The van der Waals surface area contributed by atoms with E-state index in [1.54, 1.807) is 0 Å². The third-order valence-corrected chi connectivity index (χ3v) is 3.70. The van der Waals surface area contributed by atoms with E-state index in [0.29, 0.717) is 25.9 Å². The first kappa shape index (κ1) is 9.93. The molecular formula is C10H17NO3. The van der Waals surface area contributed by atoms with Crippen molar-refractivity contribution in [3.05, 3.63) is 0 Å². The maximum atomic E-state index is 11.2. The van der Waals surface area contributed by atoms with E-state index in [4.69, 9.17) is 0 Å². The molecule has 0 bridgehead atoms. The summed E-state index contributed by atoms with van der Waals surface area (Å²) in [4.78, 5) is 11.2. The molecule has 1 saturated carbocycles. The van der Waals surface area contributed by atoms with Gasteiger partial charge in [-0.2, -0.15) is 0 Å². The standard InChI is InChI=1S/C10H17NO3/c1-8(2)3-9(4-8,7(12)13)10(14)5-11-6-10/h11,14H,3-6H2,1-2H3,(H,12,13). The Morgan fingerprint density at radius 1 is 1.29 bits per heavy atom. The number of carbonyl (C=O) groups is 1. The third-order valence-electron chi connectivity index (χ3n) is 3.70. The van der Waals surface area contributed by atoms with Gasteiger partial charge in [-0.3, -0.25) is 4.79 Å². The quantitative estimate of drug-likeness (QED) is 0.594. The summed E-state index contributed by atoms with van der Waals surface area (Å²) in [5, 5.41) is 22.3. The van der Waals surface area contributed by atoms with E-state index >= 15 is 0 Å². The monoisotopic (exact) mass is 199 g/mol. The second-order valence-corrected chi connectivity index (χ2v) is 5.54. The highest BCUT2D eigenvalue weighted by Gasteiger charge is 2.67. The minimum Gasteiger partial charge on any atom is -0.481 e. The van der Waals surface area contributed by atoms with E-state index in [0.717, 1.165) is 0 Å². The van der Waals surface area contributed by atoms with Crippen molar-refractivity contribution >= 4 is 5.97 Å². The van der Waals surface area contributed by atoms with Gasteiger partial charge in [0, 0.05) is 13.1 Å². The zero-order valence-electron chi connectivity index (χ0n) is 8.63. The van der Waals surface area contributed by atoms with E-state index in [-0.39, 0.29) is 5.41 Å². The van der Waals surface area contributed by atoms with Crippen molar-refractivity contribution in [1.82, 2.24) is 5.32 Å². The Morgan fingerprint density at radius 2 is 1.79 bits per heavy atom. The number of carboxylic acids is 1. The summed E-state index contributed by atoms with van der Waals surface area (Å²) < 4.78 is 0. The van der Waals surface area contributed by atoms with E-state index < -0.39 is 17.0 Å². The molecule has 3 N–H and O–H groups in total. The number of carboxylic acid groups (broad SMARTS) is 1. The van der Waals surface area contributed by atoms with Crippen LogP contribution in [0.1, 0.15) is 26.7 Å². The molecule has 0 radical (unpaired) electrons. The molecule has 4 heteroatoms. The van der Waals surface area contributed by atoms with Gasteiger partial charge in [0.15, 0.2) is 0 Å².